The summed E-state index contributed by atoms with van der Waals surface area (Å²) in [5.41, 5.74) is 5.87. The molecule has 0 spiro atoms. The Morgan fingerprint density at radius 2 is 1.70 bits per heavy atom. The van der Waals surface area contributed by atoms with Gasteiger partial charge in [0.25, 0.3) is 0 Å². The quantitative estimate of drug-likeness (QED) is 0.694. The van der Waals surface area contributed by atoms with Crippen LogP contribution in [0.15, 0.2) is 72.8 Å². The fourth-order valence-electron chi connectivity index (χ4n) is 3.44. The SMILES string of the molecule is O=C(CNc1ccc(Cl)cc1)N1CCc2ccc(-c3ccccc3)cc2C1. The lowest BCUT2D eigenvalue weighted by Crippen LogP contribution is -2.39. The van der Waals surface area contributed by atoms with E-state index in [1.807, 2.05) is 47.4 Å². The molecule has 0 aliphatic carbocycles. The van der Waals surface area contributed by atoms with Crippen LogP contribution in [0.2, 0.25) is 5.02 Å². The molecule has 136 valence electrons. The van der Waals surface area contributed by atoms with Crippen molar-refractivity contribution in [2.75, 3.05) is 18.4 Å². The third kappa shape index (κ3) is 4.15. The predicted molar refractivity (Wildman–Crippen MR) is 111 cm³/mol. The van der Waals surface area contributed by atoms with Gasteiger partial charge in [0.1, 0.15) is 0 Å². The van der Waals surface area contributed by atoms with Gasteiger partial charge in [-0.05, 0) is 59.0 Å². The number of hydrogen-bond donors (Lipinski definition) is 1. The summed E-state index contributed by atoms with van der Waals surface area (Å²) in [6.45, 7) is 1.71. The van der Waals surface area contributed by atoms with E-state index in [1.54, 1.807) is 0 Å². The fourth-order valence-corrected chi connectivity index (χ4v) is 3.56. The number of rotatable bonds is 4. The average molecular weight is 377 g/mol. The third-order valence-electron chi connectivity index (χ3n) is 4.97. The Labute approximate surface area is 164 Å². The molecule has 0 aromatic heterocycles. The topological polar surface area (TPSA) is 32.3 Å². The highest BCUT2D eigenvalue weighted by Gasteiger charge is 2.20. The van der Waals surface area contributed by atoms with Crippen molar-refractivity contribution < 1.29 is 4.79 Å². The molecule has 1 aliphatic rings. The first kappa shape index (κ1) is 17.6. The van der Waals surface area contributed by atoms with Crippen LogP contribution in [0.3, 0.4) is 0 Å². The molecule has 1 heterocycles. The van der Waals surface area contributed by atoms with Crippen LogP contribution in [0.25, 0.3) is 11.1 Å². The molecule has 3 aromatic carbocycles. The molecular formula is C23H21ClN2O. The van der Waals surface area contributed by atoms with Gasteiger partial charge in [-0.1, -0.05) is 54.1 Å². The van der Waals surface area contributed by atoms with E-state index in [-0.39, 0.29) is 12.5 Å². The summed E-state index contributed by atoms with van der Waals surface area (Å²) in [7, 11) is 0. The van der Waals surface area contributed by atoms with Gasteiger partial charge in [0.15, 0.2) is 0 Å². The number of halogens is 1. The van der Waals surface area contributed by atoms with E-state index in [2.05, 4.69) is 35.6 Å². The number of carbonyl (C=O) groups is 1. The first-order chi connectivity index (χ1) is 13.2. The van der Waals surface area contributed by atoms with Crippen LogP contribution >= 0.6 is 11.6 Å². The van der Waals surface area contributed by atoms with E-state index < -0.39 is 0 Å². The Morgan fingerprint density at radius 3 is 2.48 bits per heavy atom. The van der Waals surface area contributed by atoms with E-state index in [4.69, 9.17) is 11.6 Å². The normalized spacial score (nSPS) is 13.1. The zero-order chi connectivity index (χ0) is 18.6. The zero-order valence-corrected chi connectivity index (χ0v) is 15.7. The van der Waals surface area contributed by atoms with Crippen molar-refractivity contribution in [2.45, 2.75) is 13.0 Å². The Morgan fingerprint density at radius 1 is 0.926 bits per heavy atom. The molecule has 3 nitrogen and oxygen atoms in total. The average Bonchev–Trinajstić information content (AvgIpc) is 2.73. The highest BCUT2D eigenvalue weighted by Crippen LogP contribution is 2.26. The molecule has 0 saturated heterocycles. The van der Waals surface area contributed by atoms with Gasteiger partial charge in [0.05, 0.1) is 6.54 Å². The molecule has 0 bridgehead atoms. The van der Waals surface area contributed by atoms with Gasteiger partial charge in [-0.2, -0.15) is 0 Å². The molecule has 0 radical (unpaired) electrons. The van der Waals surface area contributed by atoms with Crippen molar-refractivity contribution in [2.24, 2.45) is 0 Å². The minimum atomic E-state index is 0.112. The second-order valence-corrected chi connectivity index (χ2v) is 7.21. The minimum Gasteiger partial charge on any atom is -0.376 e. The van der Waals surface area contributed by atoms with Crippen molar-refractivity contribution in [3.05, 3.63) is 88.9 Å². The number of hydrogen-bond acceptors (Lipinski definition) is 2. The van der Waals surface area contributed by atoms with Crippen molar-refractivity contribution in [3.8, 4) is 11.1 Å². The summed E-state index contributed by atoms with van der Waals surface area (Å²) < 4.78 is 0. The van der Waals surface area contributed by atoms with Crippen LogP contribution in [0, 0.1) is 0 Å². The zero-order valence-electron chi connectivity index (χ0n) is 15.0. The van der Waals surface area contributed by atoms with Gasteiger partial charge < -0.3 is 10.2 Å². The van der Waals surface area contributed by atoms with Crippen LogP contribution in [0.1, 0.15) is 11.1 Å². The fraction of sp³-hybridized carbons (Fsp3) is 0.174. The van der Waals surface area contributed by atoms with E-state index in [0.29, 0.717) is 11.6 Å². The molecule has 0 fully saturated rings. The van der Waals surface area contributed by atoms with Crippen LogP contribution in [0.5, 0.6) is 0 Å². The number of benzene rings is 3. The number of anilines is 1. The van der Waals surface area contributed by atoms with Crippen molar-refractivity contribution in [1.29, 1.82) is 0 Å². The summed E-state index contributed by atoms with van der Waals surface area (Å²) in [5.74, 6) is 0.112. The molecule has 1 aliphatic heterocycles. The van der Waals surface area contributed by atoms with Gasteiger partial charge in [-0.25, -0.2) is 0 Å². The van der Waals surface area contributed by atoms with E-state index in [9.17, 15) is 4.79 Å². The molecule has 0 unspecified atom stereocenters. The van der Waals surface area contributed by atoms with Crippen molar-refractivity contribution in [1.82, 2.24) is 4.90 Å². The lowest BCUT2D eigenvalue weighted by atomic mass is 9.94. The summed E-state index contributed by atoms with van der Waals surface area (Å²) in [6, 6.07) is 24.3. The van der Waals surface area contributed by atoms with Crippen LogP contribution in [-0.4, -0.2) is 23.9 Å². The monoisotopic (exact) mass is 376 g/mol. The summed E-state index contributed by atoms with van der Waals surface area (Å²) in [4.78, 5) is 14.6. The Bertz CT molecular complexity index is 938. The summed E-state index contributed by atoms with van der Waals surface area (Å²) in [5, 5.41) is 3.87. The number of amides is 1. The smallest absolute Gasteiger partial charge is 0.242 e. The van der Waals surface area contributed by atoms with Crippen molar-refractivity contribution in [3.63, 3.8) is 0 Å². The highest BCUT2D eigenvalue weighted by atomic mass is 35.5. The predicted octanol–water partition coefficient (Wildman–Crippen LogP) is 5.00. The van der Waals surface area contributed by atoms with E-state index in [1.165, 1.54) is 22.3 Å². The van der Waals surface area contributed by atoms with Gasteiger partial charge in [0, 0.05) is 23.8 Å². The second-order valence-electron chi connectivity index (χ2n) is 6.78. The van der Waals surface area contributed by atoms with Gasteiger partial charge >= 0.3 is 0 Å². The lowest BCUT2D eigenvalue weighted by Gasteiger charge is -2.29. The first-order valence-electron chi connectivity index (χ1n) is 9.13. The molecule has 1 N–H and O–H groups in total. The number of nitrogens with one attached hydrogen (secondary N) is 1. The number of nitrogens with zero attached hydrogens (tertiary/aromatic N) is 1. The first-order valence-corrected chi connectivity index (χ1v) is 9.51. The Kier molecular flexibility index (Phi) is 5.12. The molecular weight excluding hydrogens is 356 g/mol. The van der Waals surface area contributed by atoms with Gasteiger partial charge in [-0.15, -0.1) is 0 Å². The third-order valence-corrected chi connectivity index (χ3v) is 5.22. The second kappa shape index (κ2) is 7.85. The molecule has 4 rings (SSSR count). The molecule has 1 amide bonds. The summed E-state index contributed by atoms with van der Waals surface area (Å²) >= 11 is 5.90. The van der Waals surface area contributed by atoms with Crippen LogP contribution < -0.4 is 5.32 Å². The maximum atomic E-state index is 12.6. The standard InChI is InChI=1S/C23H21ClN2O/c24-21-8-10-22(11-9-21)25-15-23(27)26-13-12-18-6-7-19(14-20(18)16-26)17-4-2-1-3-5-17/h1-11,14,25H,12-13,15-16H2. The molecule has 27 heavy (non-hydrogen) atoms. The number of carbonyl (C=O) groups excluding carboxylic acids is 1. The maximum Gasteiger partial charge on any atom is 0.242 e. The van der Waals surface area contributed by atoms with Crippen LogP contribution in [-0.2, 0) is 17.8 Å². The molecule has 0 atom stereocenters. The largest absolute Gasteiger partial charge is 0.376 e. The lowest BCUT2D eigenvalue weighted by molar-refractivity contribution is -0.130. The summed E-state index contributed by atoms with van der Waals surface area (Å²) in [6.07, 6.45) is 0.900. The molecule has 3 aromatic rings. The van der Waals surface area contributed by atoms with Gasteiger partial charge in [-0.3, -0.25) is 4.79 Å². The minimum absolute atomic E-state index is 0.112. The van der Waals surface area contributed by atoms with Gasteiger partial charge in [0.2, 0.25) is 5.91 Å². The molecule has 0 saturated carbocycles. The van der Waals surface area contributed by atoms with E-state index in [0.717, 1.165) is 18.7 Å². The van der Waals surface area contributed by atoms with E-state index >= 15 is 0 Å². The number of fused-ring (bicyclic) bond motifs is 1. The highest BCUT2D eigenvalue weighted by molar-refractivity contribution is 6.30. The Balaban J connectivity index is 1.44. The van der Waals surface area contributed by atoms with Crippen molar-refractivity contribution >= 4 is 23.2 Å². The maximum absolute atomic E-state index is 12.6. The molecule has 4 heteroatoms. The van der Waals surface area contributed by atoms with Crippen LogP contribution in [0.4, 0.5) is 5.69 Å². The Hall–Kier alpha value is -2.78.